The van der Waals surface area contributed by atoms with Gasteiger partial charge in [0, 0.05) is 37.0 Å². The highest BCUT2D eigenvalue weighted by Crippen LogP contribution is 2.26. The normalized spacial score (nSPS) is 16.9. The lowest BCUT2D eigenvalue weighted by molar-refractivity contribution is 0.852. The molecule has 0 bridgehead atoms. The van der Waals surface area contributed by atoms with Crippen LogP contribution in [0.3, 0.4) is 0 Å². The van der Waals surface area contributed by atoms with Crippen LogP contribution in [0.5, 0.6) is 0 Å². The summed E-state index contributed by atoms with van der Waals surface area (Å²) >= 11 is 0. The molecule has 1 fully saturated rings. The maximum Gasteiger partial charge on any atom is 0.183 e. The third-order valence-corrected chi connectivity index (χ3v) is 4.42. The van der Waals surface area contributed by atoms with E-state index in [-0.39, 0.29) is 0 Å². The van der Waals surface area contributed by atoms with Crippen molar-refractivity contribution in [3.8, 4) is 6.07 Å². The van der Waals surface area contributed by atoms with E-state index in [2.05, 4.69) is 20.9 Å². The van der Waals surface area contributed by atoms with Crippen LogP contribution in [0, 0.1) is 11.3 Å². The number of rotatable bonds is 1. The molecule has 1 aliphatic heterocycles. The summed E-state index contributed by atoms with van der Waals surface area (Å²) in [5.41, 5.74) is 0.425. The van der Waals surface area contributed by atoms with Crippen LogP contribution in [-0.2, 0) is 0 Å². The fourth-order valence-electron chi connectivity index (χ4n) is 1.38. The summed E-state index contributed by atoms with van der Waals surface area (Å²) in [5.74, 6) is 2.85. The van der Waals surface area contributed by atoms with Crippen molar-refractivity contribution in [3.05, 3.63) is 18.1 Å². The second kappa shape index (κ2) is 5.24. The van der Waals surface area contributed by atoms with Gasteiger partial charge in [0.1, 0.15) is 6.07 Å². The Morgan fingerprint density at radius 3 is 2.53 bits per heavy atom. The fraction of sp³-hybridized carbons (Fsp3) is 0.444. The largest absolute Gasteiger partial charge is 0.352 e. The summed E-state index contributed by atoms with van der Waals surface area (Å²) in [6.07, 6.45) is 3.20. The molecular weight excluding hydrogens is 228 g/mol. The van der Waals surface area contributed by atoms with Crippen molar-refractivity contribution in [2.45, 2.75) is 0 Å². The van der Waals surface area contributed by atoms with Gasteiger partial charge in [0.05, 0.1) is 0 Å². The van der Waals surface area contributed by atoms with E-state index in [1.165, 1.54) is 0 Å². The molecule has 0 aliphatic carbocycles. The minimum Gasteiger partial charge on any atom is -0.352 e. The van der Waals surface area contributed by atoms with Crippen molar-refractivity contribution in [2.24, 2.45) is 0 Å². The second-order valence-electron chi connectivity index (χ2n) is 2.97. The second-order valence-corrected chi connectivity index (χ2v) is 5.67. The highest BCUT2D eigenvalue weighted by atomic mass is 33.1. The van der Waals surface area contributed by atoms with Gasteiger partial charge in [-0.2, -0.15) is 5.26 Å². The van der Waals surface area contributed by atoms with E-state index in [1.807, 2.05) is 21.6 Å². The summed E-state index contributed by atoms with van der Waals surface area (Å²) in [6.45, 7) is 1.87. The Hall–Kier alpha value is -0.930. The first-order valence-electron chi connectivity index (χ1n) is 4.62. The van der Waals surface area contributed by atoms with Crippen molar-refractivity contribution in [1.29, 1.82) is 5.26 Å². The fourth-order valence-corrected chi connectivity index (χ4v) is 3.36. The number of hydrogen-bond acceptors (Lipinski definition) is 6. The first-order chi connectivity index (χ1) is 7.42. The van der Waals surface area contributed by atoms with Gasteiger partial charge in [-0.05, 0) is 0 Å². The molecular formula is C9H10N4S2. The molecule has 4 nitrogen and oxygen atoms in total. The molecule has 0 saturated carbocycles. The lowest BCUT2D eigenvalue weighted by Gasteiger charge is -2.20. The van der Waals surface area contributed by atoms with Crippen LogP contribution in [0.2, 0.25) is 0 Å². The highest BCUT2D eigenvalue weighted by Gasteiger charge is 2.15. The lowest BCUT2D eigenvalue weighted by atomic mass is 10.4. The van der Waals surface area contributed by atoms with Gasteiger partial charge >= 0.3 is 0 Å². The standard InChI is InChI=1S/C9H10N4S2/c10-7-8-9(12-2-1-11-8)13-3-5-14-15-6-4-13/h1-2H,3-6H2. The Balaban J connectivity index is 2.23. The maximum absolute atomic E-state index is 8.93. The zero-order chi connectivity index (χ0) is 10.5. The number of anilines is 1. The average molecular weight is 238 g/mol. The van der Waals surface area contributed by atoms with Crippen molar-refractivity contribution in [3.63, 3.8) is 0 Å². The van der Waals surface area contributed by atoms with E-state index in [0.29, 0.717) is 5.69 Å². The Labute approximate surface area is 96.5 Å². The average Bonchev–Trinajstić information content (AvgIpc) is 2.57. The zero-order valence-electron chi connectivity index (χ0n) is 8.09. The molecule has 2 rings (SSSR count). The van der Waals surface area contributed by atoms with E-state index in [4.69, 9.17) is 5.26 Å². The smallest absolute Gasteiger partial charge is 0.183 e. The molecule has 0 atom stereocenters. The zero-order valence-corrected chi connectivity index (χ0v) is 9.72. The van der Waals surface area contributed by atoms with Crippen LogP contribution < -0.4 is 4.90 Å². The van der Waals surface area contributed by atoms with Crippen molar-refractivity contribution >= 4 is 27.4 Å². The van der Waals surface area contributed by atoms with Crippen molar-refractivity contribution in [2.75, 3.05) is 29.5 Å². The summed E-state index contributed by atoms with van der Waals surface area (Å²) in [6, 6.07) is 2.08. The Bertz CT molecular complexity index is 369. The molecule has 0 N–H and O–H groups in total. The van der Waals surface area contributed by atoms with Crippen LogP contribution in [-0.4, -0.2) is 34.6 Å². The molecule has 15 heavy (non-hydrogen) atoms. The summed E-state index contributed by atoms with van der Waals surface area (Å²) in [7, 11) is 3.74. The molecule has 0 spiro atoms. The minimum absolute atomic E-state index is 0.425. The van der Waals surface area contributed by atoms with Gasteiger partial charge in [-0.1, -0.05) is 21.6 Å². The van der Waals surface area contributed by atoms with Crippen molar-refractivity contribution in [1.82, 2.24) is 9.97 Å². The minimum atomic E-state index is 0.425. The molecule has 1 aromatic heterocycles. The molecule has 0 unspecified atom stereocenters. The predicted molar refractivity (Wildman–Crippen MR) is 63.9 cm³/mol. The van der Waals surface area contributed by atoms with E-state index in [0.717, 1.165) is 30.4 Å². The monoisotopic (exact) mass is 238 g/mol. The molecule has 6 heteroatoms. The topological polar surface area (TPSA) is 52.8 Å². The van der Waals surface area contributed by atoms with Crippen LogP contribution in [0.25, 0.3) is 0 Å². The van der Waals surface area contributed by atoms with Gasteiger partial charge in [-0.3, -0.25) is 0 Å². The molecule has 0 aromatic carbocycles. The van der Waals surface area contributed by atoms with Crippen LogP contribution in [0.15, 0.2) is 12.4 Å². The molecule has 78 valence electrons. The van der Waals surface area contributed by atoms with Gasteiger partial charge in [0.25, 0.3) is 0 Å². The van der Waals surface area contributed by atoms with E-state index >= 15 is 0 Å². The third-order valence-electron chi connectivity index (χ3n) is 2.06. The van der Waals surface area contributed by atoms with E-state index < -0.39 is 0 Å². The Morgan fingerprint density at radius 1 is 1.20 bits per heavy atom. The van der Waals surface area contributed by atoms with Gasteiger partial charge in [0.15, 0.2) is 11.5 Å². The number of aromatic nitrogens is 2. The number of nitrogens with zero attached hydrogens (tertiary/aromatic N) is 4. The molecule has 1 aromatic rings. The number of nitriles is 1. The molecule has 1 aliphatic rings. The van der Waals surface area contributed by atoms with E-state index in [9.17, 15) is 0 Å². The number of hydrogen-bond donors (Lipinski definition) is 0. The summed E-state index contributed by atoms with van der Waals surface area (Å²) in [4.78, 5) is 10.4. The third kappa shape index (κ3) is 2.55. The van der Waals surface area contributed by atoms with Gasteiger partial charge < -0.3 is 4.90 Å². The van der Waals surface area contributed by atoms with Gasteiger partial charge in [-0.15, -0.1) is 0 Å². The van der Waals surface area contributed by atoms with Crippen LogP contribution in [0.1, 0.15) is 5.69 Å². The molecule has 0 radical (unpaired) electrons. The van der Waals surface area contributed by atoms with Gasteiger partial charge in [-0.25, -0.2) is 9.97 Å². The molecule has 0 amide bonds. The summed E-state index contributed by atoms with van der Waals surface area (Å²) < 4.78 is 0. The highest BCUT2D eigenvalue weighted by molar-refractivity contribution is 8.76. The SMILES string of the molecule is N#Cc1nccnc1N1CCSSCC1. The molecule has 2 heterocycles. The summed E-state index contributed by atoms with van der Waals surface area (Å²) in [5, 5.41) is 8.93. The van der Waals surface area contributed by atoms with E-state index in [1.54, 1.807) is 12.4 Å². The predicted octanol–water partition coefficient (Wildman–Crippen LogP) is 1.55. The Kier molecular flexibility index (Phi) is 3.69. The van der Waals surface area contributed by atoms with Crippen LogP contribution >= 0.6 is 21.6 Å². The first kappa shape index (κ1) is 10.6. The van der Waals surface area contributed by atoms with Gasteiger partial charge in [0.2, 0.25) is 0 Å². The van der Waals surface area contributed by atoms with Crippen LogP contribution in [0.4, 0.5) is 5.82 Å². The van der Waals surface area contributed by atoms with Crippen molar-refractivity contribution < 1.29 is 0 Å². The lowest BCUT2D eigenvalue weighted by Crippen LogP contribution is -2.28. The molecule has 1 saturated heterocycles. The quantitative estimate of drug-likeness (QED) is 0.692. The Morgan fingerprint density at radius 2 is 1.87 bits per heavy atom. The maximum atomic E-state index is 8.93. The first-order valence-corrected chi connectivity index (χ1v) is 7.11.